The standard InChI is InChI=1S/C13H17N3/c1-14-8-13(5-2-6-13)10-3-4-11-12(7-10)16-9-15-11/h3-4,7,9,14H,2,5-6,8H2,1H3,(H,15,16). The number of nitrogens with one attached hydrogen (secondary N) is 2. The fraction of sp³-hybridized carbons (Fsp3) is 0.462. The first-order valence-corrected chi connectivity index (χ1v) is 5.92. The maximum atomic E-state index is 4.26. The van der Waals surface area contributed by atoms with Crippen molar-refractivity contribution in [2.45, 2.75) is 24.7 Å². The summed E-state index contributed by atoms with van der Waals surface area (Å²) in [5, 5.41) is 3.33. The fourth-order valence-corrected chi connectivity index (χ4v) is 2.77. The minimum atomic E-state index is 0.369. The van der Waals surface area contributed by atoms with E-state index in [1.807, 2.05) is 7.05 Å². The molecule has 0 spiro atoms. The van der Waals surface area contributed by atoms with Crippen LogP contribution in [0.1, 0.15) is 24.8 Å². The van der Waals surface area contributed by atoms with Crippen LogP contribution < -0.4 is 5.32 Å². The van der Waals surface area contributed by atoms with Gasteiger partial charge >= 0.3 is 0 Å². The van der Waals surface area contributed by atoms with Crippen LogP contribution in [-0.4, -0.2) is 23.6 Å². The third-order valence-corrected chi connectivity index (χ3v) is 3.86. The quantitative estimate of drug-likeness (QED) is 0.824. The molecule has 1 fully saturated rings. The Bertz CT molecular complexity index is 497. The van der Waals surface area contributed by atoms with Crippen molar-refractivity contribution in [1.29, 1.82) is 0 Å². The average Bonchev–Trinajstić information content (AvgIpc) is 2.70. The number of benzene rings is 1. The van der Waals surface area contributed by atoms with E-state index >= 15 is 0 Å². The SMILES string of the molecule is CNCC1(c2ccc3nc[nH]c3c2)CCC1. The second kappa shape index (κ2) is 3.59. The summed E-state index contributed by atoms with van der Waals surface area (Å²) < 4.78 is 0. The molecule has 0 unspecified atom stereocenters. The van der Waals surface area contributed by atoms with E-state index < -0.39 is 0 Å². The van der Waals surface area contributed by atoms with E-state index in [1.54, 1.807) is 6.33 Å². The van der Waals surface area contributed by atoms with Gasteiger partial charge in [-0.2, -0.15) is 0 Å². The van der Waals surface area contributed by atoms with Crippen molar-refractivity contribution in [3.05, 3.63) is 30.1 Å². The molecule has 0 bridgehead atoms. The maximum absolute atomic E-state index is 4.26. The Balaban J connectivity index is 2.03. The zero-order valence-electron chi connectivity index (χ0n) is 9.59. The molecule has 1 heterocycles. The van der Waals surface area contributed by atoms with Gasteiger partial charge in [0.15, 0.2) is 0 Å². The number of rotatable bonds is 3. The lowest BCUT2D eigenvalue weighted by molar-refractivity contribution is 0.239. The highest BCUT2D eigenvalue weighted by Gasteiger charge is 2.37. The Labute approximate surface area is 95.3 Å². The number of aromatic nitrogens is 2. The third kappa shape index (κ3) is 1.35. The summed E-state index contributed by atoms with van der Waals surface area (Å²) in [6.45, 7) is 1.08. The van der Waals surface area contributed by atoms with E-state index in [1.165, 1.54) is 24.8 Å². The molecule has 84 valence electrons. The highest BCUT2D eigenvalue weighted by Crippen LogP contribution is 2.43. The topological polar surface area (TPSA) is 40.7 Å². The minimum absolute atomic E-state index is 0.369. The molecule has 3 nitrogen and oxygen atoms in total. The van der Waals surface area contributed by atoms with Crippen LogP contribution in [-0.2, 0) is 5.41 Å². The molecule has 1 aromatic carbocycles. The van der Waals surface area contributed by atoms with Gasteiger partial charge in [-0.15, -0.1) is 0 Å². The molecule has 0 saturated heterocycles. The molecular weight excluding hydrogens is 198 g/mol. The fourth-order valence-electron chi connectivity index (χ4n) is 2.77. The predicted octanol–water partition coefficient (Wildman–Crippen LogP) is 2.20. The lowest BCUT2D eigenvalue weighted by Gasteiger charge is -2.42. The average molecular weight is 215 g/mol. The van der Waals surface area contributed by atoms with Crippen LogP contribution in [0, 0.1) is 0 Å². The second-order valence-corrected chi connectivity index (χ2v) is 4.80. The van der Waals surface area contributed by atoms with Crippen LogP contribution in [0.4, 0.5) is 0 Å². The van der Waals surface area contributed by atoms with Crippen LogP contribution in [0.5, 0.6) is 0 Å². The number of imidazole rings is 1. The molecule has 0 amide bonds. The monoisotopic (exact) mass is 215 g/mol. The first kappa shape index (κ1) is 9.85. The van der Waals surface area contributed by atoms with E-state index in [4.69, 9.17) is 0 Å². The van der Waals surface area contributed by atoms with Crippen LogP contribution in [0.3, 0.4) is 0 Å². The zero-order valence-corrected chi connectivity index (χ0v) is 9.59. The first-order chi connectivity index (χ1) is 7.84. The molecule has 0 aliphatic heterocycles. The van der Waals surface area contributed by atoms with Gasteiger partial charge in [-0.3, -0.25) is 0 Å². The molecule has 3 heteroatoms. The normalized spacial score (nSPS) is 18.6. The van der Waals surface area contributed by atoms with Gasteiger partial charge < -0.3 is 10.3 Å². The Hall–Kier alpha value is -1.35. The van der Waals surface area contributed by atoms with Crippen molar-refractivity contribution in [3.63, 3.8) is 0 Å². The van der Waals surface area contributed by atoms with E-state index in [9.17, 15) is 0 Å². The second-order valence-electron chi connectivity index (χ2n) is 4.80. The summed E-state index contributed by atoms with van der Waals surface area (Å²) in [5.41, 5.74) is 4.03. The van der Waals surface area contributed by atoms with Crippen molar-refractivity contribution >= 4 is 11.0 Å². The Morgan fingerprint density at radius 1 is 1.44 bits per heavy atom. The molecule has 2 aromatic rings. The number of hydrogen-bond donors (Lipinski definition) is 2. The molecule has 1 aliphatic rings. The van der Waals surface area contributed by atoms with Crippen molar-refractivity contribution in [3.8, 4) is 0 Å². The molecular formula is C13H17N3. The van der Waals surface area contributed by atoms with Crippen molar-refractivity contribution in [1.82, 2.24) is 15.3 Å². The van der Waals surface area contributed by atoms with Crippen LogP contribution in [0.2, 0.25) is 0 Å². The summed E-state index contributed by atoms with van der Waals surface area (Å²) in [6, 6.07) is 6.62. The van der Waals surface area contributed by atoms with Crippen molar-refractivity contribution in [2.24, 2.45) is 0 Å². The lowest BCUT2D eigenvalue weighted by Crippen LogP contribution is -2.42. The Morgan fingerprint density at radius 2 is 2.31 bits per heavy atom. The summed E-state index contributed by atoms with van der Waals surface area (Å²) in [7, 11) is 2.04. The van der Waals surface area contributed by atoms with E-state index in [2.05, 4.69) is 33.5 Å². The van der Waals surface area contributed by atoms with Crippen LogP contribution in [0.15, 0.2) is 24.5 Å². The molecule has 16 heavy (non-hydrogen) atoms. The highest BCUT2D eigenvalue weighted by molar-refractivity contribution is 5.75. The number of likely N-dealkylation sites (N-methyl/N-ethyl adjacent to an activating group) is 1. The number of nitrogens with zero attached hydrogens (tertiary/aromatic N) is 1. The number of fused-ring (bicyclic) bond motifs is 1. The summed E-state index contributed by atoms with van der Waals surface area (Å²) in [6.07, 6.45) is 5.71. The third-order valence-electron chi connectivity index (χ3n) is 3.86. The van der Waals surface area contributed by atoms with Gasteiger partial charge in [-0.1, -0.05) is 12.5 Å². The highest BCUT2D eigenvalue weighted by atomic mass is 14.9. The van der Waals surface area contributed by atoms with E-state index in [0.717, 1.165) is 17.6 Å². The van der Waals surface area contributed by atoms with Gasteiger partial charge in [0.05, 0.1) is 17.4 Å². The number of hydrogen-bond acceptors (Lipinski definition) is 2. The molecule has 2 N–H and O–H groups in total. The van der Waals surface area contributed by atoms with Gasteiger partial charge in [0.1, 0.15) is 0 Å². The number of H-pyrrole nitrogens is 1. The molecule has 1 aliphatic carbocycles. The van der Waals surface area contributed by atoms with Gasteiger partial charge in [0.25, 0.3) is 0 Å². The van der Waals surface area contributed by atoms with Crippen molar-refractivity contribution in [2.75, 3.05) is 13.6 Å². The maximum Gasteiger partial charge on any atom is 0.0931 e. The van der Waals surface area contributed by atoms with Gasteiger partial charge in [-0.05, 0) is 37.6 Å². The molecule has 3 rings (SSSR count). The van der Waals surface area contributed by atoms with E-state index in [0.29, 0.717) is 5.41 Å². The van der Waals surface area contributed by atoms with Gasteiger partial charge in [-0.25, -0.2) is 4.98 Å². The summed E-state index contributed by atoms with van der Waals surface area (Å²) in [4.78, 5) is 7.45. The predicted molar refractivity (Wildman–Crippen MR) is 65.5 cm³/mol. The van der Waals surface area contributed by atoms with Crippen molar-refractivity contribution < 1.29 is 0 Å². The summed E-state index contributed by atoms with van der Waals surface area (Å²) in [5.74, 6) is 0. The van der Waals surface area contributed by atoms with Gasteiger partial charge in [0.2, 0.25) is 0 Å². The molecule has 1 aromatic heterocycles. The molecule has 0 atom stereocenters. The van der Waals surface area contributed by atoms with Crippen LogP contribution >= 0.6 is 0 Å². The zero-order chi connectivity index (χ0) is 11.0. The molecule has 0 radical (unpaired) electrons. The Morgan fingerprint density at radius 3 is 3.00 bits per heavy atom. The summed E-state index contributed by atoms with van der Waals surface area (Å²) >= 11 is 0. The first-order valence-electron chi connectivity index (χ1n) is 5.92. The minimum Gasteiger partial charge on any atom is -0.345 e. The largest absolute Gasteiger partial charge is 0.345 e. The smallest absolute Gasteiger partial charge is 0.0931 e. The van der Waals surface area contributed by atoms with Gasteiger partial charge in [0, 0.05) is 12.0 Å². The molecule has 1 saturated carbocycles. The number of aromatic amines is 1. The Kier molecular flexibility index (Phi) is 2.21. The lowest BCUT2D eigenvalue weighted by atomic mass is 9.64. The van der Waals surface area contributed by atoms with E-state index in [-0.39, 0.29) is 0 Å². The van der Waals surface area contributed by atoms with Crippen LogP contribution in [0.25, 0.3) is 11.0 Å².